The maximum absolute atomic E-state index is 11.9. The lowest BCUT2D eigenvalue weighted by Gasteiger charge is -2.36. The monoisotopic (exact) mass is 626 g/mol. The Kier molecular flexibility index (Phi) is 6.36. The Bertz CT molecular complexity index is 1740. The van der Waals surface area contributed by atoms with Crippen LogP contribution in [0.25, 0.3) is 38.9 Å². The van der Waals surface area contributed by atoms with E-state index in [1.54, 1.807) is 23.1 Å². The maximum Gasteiger partial charge on any atom is 0.407 e. The summed E-state index contributed by atoms with van der Waals surface area (Å²) in [4.78, 5) is 23.1. The van der Waals surface area contributed by atoms with Gasteiger partial charge in [-0.05, 0) is 52.0 Å². The van der Waals surface area contributed by atoms with Gasteiger partial charge < -0.3 is 10.0 Å². The molecule has 1 N–H and O–H groups in total. The first kappa shape index (κ1) is 26.1. The van der Waals surface area contributed by atoms with E-state index < -0.39 is 6.09 Å². The molecule has 0 aliphatic carbocycles. The van der Waals surface area contributed by atoms with Crippen molar-refractivity contribution in [3.05, 3.63) is 69.8 Å². The number of halogens is 3. The van der Waals surface area contributed by atoms with Crippen LogP contribution in [0.5, 0.6) is 0 Å². The Morgan fingerprint density at radius 3 is 2.56 bits per heavy atom. The largest absolute Gasteiger partial charge is 0.465 e. The molecule has 4 aromatic heterocycles. The second-order valence-corrected chi connectivity index (χ2v) is 12.4. The summed E-state index contributed by atoms with van der Waals surface area (Å²) in [5.41, 5.74) is 4.37. The molecule has 1 aromatic carbocycles. The summed E-state index contributed by atoms with van der Waals surface area (Å²) in [5, 5.41) is 16.3. The lowest BCUT2D eigenvalue weighted by Crippen LogP contribution is -2.46. The van der Waals surface area contributed by atoms with Crippen molar-refractivity contribution in [1.29, 1.82) is 0 Å². The number of pyridine rings is 2. The lowest BCUT2D eigenvalue weighted by molar-refractivity contribution is 0.0906. The fourth-order valence-electron chi connectivity index (χ4n) is 5.69. The van der Waals surface area contributed by atoms with Crippen molar-refractivity contribution >= 4 is 61.8 Å². The normalized spacial score (nSPS) is 17.9. The van der Waals surface area contributed by atoms with Crippen molar-refractivity contribution in [2.75, 3.05) is 6.54 Å². The number of imidazole rings is 1. The minimum absolute atomic E-state index is 0.0545. The molecule has 6 rings (SSSR count). The predicted octanol–water partition coefficient (Wildman–Crippen LogP) is 7.82. The van der Waals surface area contributed by atoms with E-state index in [0.717, 1.165) is 26.6 Å². The summed E-state index contributed by atoms with van der Waals surface area (Å²) in [6.45, 7) is 6.70. The molecule has 1 saturated heterocycles. The number of hydrogen-bond acceptors (Lipinski definition) is 4. The number of likely N-dealkylation sites (tertiary alicyclic amines) is 1. The summed E-state index contributed by atoms with van der Waals surface area (Å²) < 4.78 is 4.59. The van der Waals surface area contributed by atoms with Gasteiger partial charge in [0.2, 0.25) is 0 Å². The Morgan fingerprint density at radius 1 is 1.13 bits per heavy atom. The van der Waals surface area contributed by atoms with Gasteiger partial charge in [0.15, 0.2) is 0 Å². The first-order valence-corrected chi connectivity index (χ1v) is 14.0. The molecule has 0 bridgehead atoms. The minimum Gasteiger partial charge on any atom is -0.465 e. The molecule has 39 heavy (non-hydrogen) atoms. The minimum atomic E-state index is -0.893. The lowest BCUT2D eigenvalue weighted by atomic mass is 9.83. The highest BCUT2D eigenvalue weighted by molar-refractivity contribution is 9.10. The fraction of sp³-hybridized carbons (Fsp3) is 0.286. The van der Waals surface area contributed by atoms with Gasteiger partial charge in [-0.1, -0.05) is 50.0 Å². The van der Waals surface area contributed by atoms with Crippen molar-refractivity contribution in [2.24, 2.45) is 5.41 Å². The molecular formula is C28H25BrCl2N6O2. The van der Waals surface area contributed by atoms with Crippen LogP contribution in [0.2, 0.25) is 10.0 Å². The zero-order valence-corrected chi connectivity index (χ0v) is 24.5. The molecule has 0 radical (unpaired) electrons. The number of nitrogens with zero attached hydrogens (tertiary/aromatic N) is 6. The average Bonchev–Trinajstić information content (AvgIpc) is 3.61. The highest BCUT2D eigenvalue weighted by Crippen LogP contribution is 2.41. The van der Waals surface area contributed by atoms with E-state index in [2.05, 4.69) is 47.9 Å². The zero-order valence-electron chi connectivity index (χ0n) is 21.4. The van der Waals surface area contributed by atoms with E-state index in [1.165, 1.54) is 0 Å². The Labute approximate surface area is 243 Å². The fourth-order valence-corrected chi connectivity index (χ4v) is 6.84. The van der Waals surface area contributed by atoms with Crippen molar-refractivity contribution in [1.82, 2.24) is 29.0 Å². The van der Waals surface area contributed by atoms with Gasteiger partial charge >= 0.3 is 6.09 Å². The second-order valence-electron chi connectivity index (χ2n) is 10.9. The van der Waals surface area contributed by atoms with Crippen molar-refractivity contribution in [2.45, 2.75) is 39.3 Å². The molecule has 11 heteroatoms. The van der Waals surface area contributed by atoms with E-state index in [1.807, 2.05) is 39.9 Å². The van der Waals surface area contributed by atoms with Crippen molar-refractivity contribution in [3.8, 4) is 22.4 Å². The number of benzene rings is 1. The highest BCUT2D eigenvalue weighted by Gasteiger charge is 2.45. The molecule has 1 aliphatic heterocycles. The molecule has 1 amide bonds. The van der Waals surface area contributed by atoms with E-state index in [9.17, 15) is 9.90 Å². The third-order valence-corrected chi connectivity index (χ3v) is 8.75. The molecule has 8 nitrogen and oxygen atoms in total. The Balaban J connectivity index is 1.43. The predicted molar refractivity (Wildman–Crippen MR) is 156 cm³/mol. The smallest absolute Gasteiger partial charge is 0.407 e. The van der Waals surface area contributed by atoms with Gasteiger partial charge in [-0.25, -0.2) is 9.78 Å². The van der Waals surface area contributed by atoms with Crippen LogP contribution in [-0.2, 0) is 0 Å². The SMILES string of the molecule is CC(C)(C)C1C(n2cc(-c3cnc4ccn5c(Br)c(-c6c(Cl)cccc6Cl)nc5c4c3)cn2)CCN1C(=O)O. The average molecular weight is 628 g/mol. The van der Waals surface area contributed by atoms with E-state index >= 15 is 0 Å². The van der Waals surface area contributed by atoms with Crippen LogP contribution >= 0.6 is 39.1 Å². The molecule has 1 aliphatic rings. The zero-order chi connectivity index (χ0) is 27.6. The van der Waals surface area contributed by atoms with Gasteiger partial charge in [0.05, 0.1) is 33.8 Å². The quantitative estimate of drug-likeness (QED) is 0.220. The van der Waals surface area contributed by atoms with Crippen LogP contribution in [0.15, 0.2) is 59.7 Å². The number of aromatic nitrogens is 5. The first-order valence-electron chi connectivity index (χ1n) is 12.5. The molecule has 1 fully saturated rings. The summed E-state index contributed by atoms with van der Waals surface area (Å²) in [7, 11) is 0. The number of amides is 1. The second kappa shape index (κ2) is 9.50. The standard InChI is InChI=1S/C28H25BrCl2N6O2/c1-28(2,3)24-21(8-10-35(24)27(38)39)37-14-16(13-33-37)15-11-17-20(32-12-15)7-9-36-25(29)23(34-26(17)36)22-18(30)5-4-6-19(22)31/h4-7,9,11-14,21,24H,8,10H2,1-3H3,(H,38,39). The molecule has 2 unspecified atom stereocenters. The summed E-state index contributed by atoms with van der Waals surface area (Å²) in [6, 6.07) is 9.13. The molecule has 0 saturated carbocycles. The van der Waals surface area contributed by atoms with Crippen molar-refractivity contribution in [3.63, 3.8) is 0 Å². The highest BCUT2D eigenvalue weighted by atomic mass is 79.9. The topological polar surface area (TPSA) is 88.6 Å². The van der Waals surface area contributed by atoms with Gasteiger partial charge in [-0.2, -0.15) is 5.10 Å². The summed E-state index contributed by atoms with van der Waals surface area (Å²) in [5.74, 6) is 0. The Hall–Kier alpha value is -3.14. The van der Waals surface area contributed by atoms with Crippen LogP contribution < -0.4 is 0 Å². The molecule has 5 aromatic rings. The van der Waals surface area contributed by atoms with Gasteiger partial charge in [0.1, 0.15) is 15.9 Å². The van der Waals surface area contributed by atoms with Crippen LogP contribution in [0.4, 0.5) is 4.79 Å². The molecule has 200 valence electrons. The third kappa shape index (κ3) is 4.37. The van der Waals surface area contributed by atoms with Crippen molar-refractivity contribution < 1.29 is 9.90 Å². The maximum atomic E-state index is 11.9. The molecule has 2 atom stereocenters. The summed E-state index contributed by atoms with van der Waals surface area (Å²) >= 11 is 16.7. The van der Waals surface area contributed by atoms with E-state index in [4.69, 9.17) is 33.2 Å². The number of fused-ring (bicyclic) bond motifs is 3. The van der Waals surface area contributed by atoms with Crippen LogP contribution in [0.3, 0.4) is 0 Å². The van der Waals surface area contributed by atoms with Crippen LogP contribution in [0.1, 0.15) is 33.2 Å². The molecule has 5 heterocycles. The summed E-state index contributed by atoms with van der Waals surface area (Å²) in [6.07, 6.45) is 7.34. The Morgan fingerprint density at radius 2 is 1.87 bits per heavy atom. The van der Waals surface area contributed by atoms with Gasteiger partial charge in [0, 0.05) is 47.2 Å². The number of carbonyl (C=O) groups is 1. The van der Waals surface area contributed by atoms with Crippen LogP contribution in [-0.4, -0.2) is 52.8 Å². The van der Waals surface area contributed by atoms with E-state index in [0.29, 0.717) is 39.9 Å². The third-order valence-electron chi connectivity index (χ3n) is 7.37. The van der Waals surface area contributed by atoms with Gasteiger partial charge in [-0.3, -0.25) is 14.1 Å². The molecular weight excluding hydrogens is 603 g/mol. The van der Waals surface area contributed by atoms with Crippen LogP contribution in [0, 0.1) is 5.41 Å². The van der Waals surface area contributed by atoms with E-state index in [-0.39, 0.29) is 17.5 Å². The number of rotatable bonds is 3. The van der Waals surface area contributed by atoms with Gasteiger partial charge in [-0.15, -0.1) is 0 Å². The molecule has 0 spiro atoms. The number of carboxylic acid groups (broad SMARTS) is 1. The number of hydrogen-bond donors (Lipinski definition) is 1. The van der Waals surface area contributed by atoms with Gasteiger partial charge in [0.25, 0.3) is 0 Å². The first-order chi connectivity index (χ1) is 18.5.